The number of hydrogen-bond acceptors (Lipinski definition) is 3. The molecule has 116 valence electrons. The molecule has 1 amide bonds. The summed E-state index contributed by atoms with van der Waals surface area (Å²) in [4.78, 5) is 11.8. The largest absolute Gasteiger partial charge is 0.573 e. The van der Waals surface area contributed by atoms with Gasteiger partial charge in [0.15, 0.2) is 0 Å². The maximum atomic E-state index is 12.0. The van der Waals surface area contributed by atoms with E-state index in [-0.39, 0.29) is 18.1 Å². The van der Waals surface area contributed by atoms with Crippen LogP contribution in [0, 0.1) is 0 Å². The van der Waals surface area contributed by atoms with E-state index in [1.807, 2.05) is 0 Å². The predicted octanol–water partition coefficient (Wildman–Crippen LogP) is 3.35. The van der Waals surface area contributed by atoms with Gasteiger partial charge in [-0.1, -0.05) is 12.1 Å². The van der Waals surface area contributed by atoms with Gasteiger partial charge in [-0.3, -0.25) is 4.79 Å². The van der Waals surface area contributed by atoms with Crippen LogP contribution in [0.2, 0.25) is 0 Å². The van der Waals surface area contributed by atoms with Crippen molar-refractivity contribution in [1.82, 2.24) is 0 Å². The zero-order valence-electron chi connectivity index (χ0n) is 11.4. The highest BCUT2D eigenvalue weighted by Crippen LogP contribution is 2.24. The Morgan fingerprint density at radius 2 is 1.64 bits per heavy atom. The van der Waals surface area contributed by atoms with Crippen LogP contribution in [0.5, 0.6) is 5.75 Å². The lowest BCUT2D eigenvalue weighted by Crippen LogP contribution is -2.17. The summed E-state index contributed by atoms with van der Waals surface area (Å²) >= 11 is 0. The van der Waals surface area contributed by atoms with Gasteiger partial charge < -0.3 is 15.8 Å². The average Bonchev–Trinajstić information content (AvgIpc) is 2.42. The number of anilines is 2. The number of ether oxygens (including phenoxy) is 1. The van der Waals surface area contributed by atoms with E-state index in [1.165, 1.54) is 12.1 Å². The minimum absolute atomic E-state index is 0.140. The van der Waals surface area contributed by atoms with Crippen molar-refractivity contribution in [3.8, 4) is 5.75 Å². The number of carbonyl (C=O) groups is 1. The molecule has 0 aromatic heterocycles. The summed E-state index contributed by atoms with van der Waals surface area (Å²) in [5, 5.41) is 2.59. The number of alkyl halides is 3. The van der Waals surface area contributed by atoms with E-state index in [0.29, 0.717) is 11.4 Å². The maximum Gasteiger partial charge on any atom is 0.573 e. The van der Waals surface area contributed by atoms with Crippen LogP contribution in [-0.2, 0) is 11.2 Å². The number of amides is 1. The SMILES string of the molecule is Nc1ccc(CC(=O)Nc2ccc(OC(F)(F)F)cc2)cc1. The van der Waals surface area contributed by atoms with Crippen LogP contribution in [0.1, 0.15) is 5.56 Å². The number of nitrogens with two attached hydrogens (primary N) is 1. The standard InChI is InChI=1S/C15H13F3N2O2/c16-15(17,18)22-13-7-5-12(6-8-13)20-14(21)9-10-1-3-11(19)4-2-10/h1-8H,9,19H2,(H,20,21). The Hall–Kier alpha value is -2.70. The number of rotatable bonds is 4. The van der Waals surface area contributed by atoms with Crippen molar-refractivity contribution in [1.29, 1.82) is 0 Å². The summed E-state index contributed by atoms with van der Waals surface area (Å²) in [6.07, 6.45) is -4.60. The third kappa shape index (κ3) is 5.01. The molecule has 0 atom stereocenters. The van der Waals surface area contributed by atoms with E-state index < -0.39 is 6.36 Å². The predicted molar refractivity (Wildman–Crippen MR) is 76.3 cm³/mol. The minimum atomic E-state index is -4.74. The Morgan fingerprint density at radius 1 is 1.05 bits per heavy atom. The molecule has 0 radical (unpaired) electrons. The van der Waals surface area contributed by atoms with Crippen LogP contribution in [-0.4, -0.2) is 12.3 Å². The molecule has 2 rings (SSSR count). The van der Waals surface area contributed by atoms with E-state index in [0.717, 1.165) is 17.7 Å². The Labute approximate surface area is 124 Å². The Morgan fingerprint density at radius 3 is 2.18 bits per heavy atom. The molecule has 0 aliphatic rings. The van der Waals surface area contributed by atoms with Crippen LogP contribution in [0.25, 0.3) is 0 Å². The quantitative estimate of drug-likeness (QED) is 0.851. The molecule has 0 heterocycles. The molecule has 0 saturated carbocycles. The molecular weight excluding hydrogens is 297 g/mol. The molecule has 7 heteroatoms. The monoisotopic (exact) mass is 310 g/mol. The van der Waals surface area contributed by atoms with Gasteiger partial charge >= 0.3 is 6.36 Å². The number of carbonyl (C=O) groups excluding carboxylic acids is 1. The fraction of sp³-hybridized carbons (Fsp3) is 0.133. The highest BCUT2D eigenvalue weighted by molar-refractivity contribution is 5.92. The first-order valence-corrected chi connectivity index (χ1v) is 6.32. The summed E-state index contributed by atoms with van der Waals surface area (Å²) < 4.78 is 39.8. The average molecular weight is 310 g/mol. The highest BCUT2D eigenvalue weighted by Gasteiger charge is 2.30. The summed E-state index contributed by atoms with van der Waals surface area (Å²) in [7, 11) is 0. The van der Waals surface area contributed by atoms with Crippen LogP contribution in [0.4, 0.5) is 24.5 Å². The molecule has 0 spiro atoms. The fourth-order valence-electron chi connectivity index (χ4n) is 1.77. The molecule has 2 aromatic carbocycles. The van der Waals surface area contributed by atoms with Gasteiger partial charge in [0.05, 0.1) is 6.42 Å². The molecule has 3 N–H and O–H groups in total. The smallest absolute Gasteiger partial charge is 0.406 e. The van der Waals surface area contributed by atoms with Gasteiger partial charge in [0.1, 0.15) is 5.75 Å². The van der Waals surface area contributed by atoms with Gasteiger partial charge in [-0.2, -0.15) is 0 Å². The second kappa shape index (κ2) is 6.38. The van der Waals surface area contributed by atoms with Crippen LogP contribution in [0.15, 0.2) is 48.5 Å². The van der Waals surface area contributed by atoms with E-state index in [1.54, 1.807) is 24.3 Å². The van der Waals surface area contributed by atoms with Crippen molar-refractivity contribution in [2.75, 3.05) is 11.1 Å². The first-order valence-electron chi connectivity index (χ1n) is 6.32. The second-order valence-electron chi connectivity index (χ2n) is 4.54. The number of benzene rings is 2. The topological polar surface area (TPSA) is 64.4 Å². The summed E-state index contributed by atoms with van der Waals surface area (Å²) in [5.41, 5.74) is 7.31. The zero-order valence-corrected chi connectivity index (χ0v) is 11.4. The van der Waals surface area contributed by atoms with Gasteiger partial charge in [-0.15, -0.1) is 13.2 Å². The Kier molecular flexibility index (Phi) is 4.55. The summed E-state index contributed by atoms with van der Waals surface area (Å²) in [5.74, 6) is -0.627. The molecule has 0 saturated heterocycles. The van der Waals surface area contributed by atoms with Crippen LogP contribution >= 0.6 is 0 Å². The molecule has 0 aliphatic carbocycles. The van der Waals surface area contributed by atoms with E-state index in [4.69, 9.17) is 5.73 Å². The lowest BCUT2D eigenvalue weighted by Gasteiger charge is -2.10. The Bertz CT molecular complexity index is 637. The van der Waals surface area contributed by atoms with Crippen molar-refractivity contribution in [3.05, 3.63) is 54.1 Å². The third-order valence-electron chi connectivity index (χ3n) is 2.72. The molecule has 0 unspecified atom stereocenters. The Balaban J connectivity index is 1.93. The molecule has 22 heavy (non-hydrogen) atoms. The normalized spacial score (nSPS) is 11.0. The maximum absolute atomic E-state index is 12.0. The van der Waals surface area contributed by atoms with Crippen molar-refractivity contribution < 1.29 is 22.7 Å². The number of nitrogen functional groups attached to an aromatic ring is 1. The van der Waals surface area contributed by atoms with Gasteiger partial charge in [0.25, 0.3) is 0 Å². The molecule has 4 nitrogen and oxygen atoms in total. The van der Waals surface area contributed by atoms with E-state index in [9.17, 15) is 18.0 Å². The summed E-state index contributed by atoms with van der Waals surface area (Å²) in [6, 6.07) is 11.8. The first-order chi connectivity index (χ1) is 10.3. The van der Waals surface area contributed by atoms with Crippen molar-refractivity contribution in [2.45, 2.75) is 12.8 Å². The van der Waals surface area contributed by atoms with Crippen LogP contribution < -0.4 is 15.8 Å². The molecule has 0 bridgehead atoms. The molecular formula is C15H13F3N2O2. The highest BCUT2D eigenvalue weighted by atomic mass is 19.4. The first kappa shape index (κ1) is 15.7. The van der Waals surface area contributed by atoms with Gasteiger partial charge in [-0.25, -0.2) is 0 Å². The van der Waals surface area contributed by atoms with E-state index in [2.05, 4.69) is 10.1 Å². The molecule has 0 aliphatic heterocycles. The van der Waals surface area contributed by atoms with Crippen molar-refractivity contribution >= 4 is 17.3 Å². The van der Waals surface area contributed by atoms with Crippen molar-refractivity contribution in [3.63, 3.8) is 0 Å². The van der Waals surface area contributed by atoms with E-state index >= 15 is 0 Å². The number of hydrogen-bond donors (Lipinski definition) is 2. The van der Waals surface area contributed by atoms with Crippen molar-refractivity contribution in [2.24, 2.45) is 0 Å². The van der Waals surface area contributed by atoms with Gasteiger partial charge in [-0.05, 0) is 42.0 Å². The second-order valence-corrected chi connectivity index (χ2v) is 4.54. The third-order valence-corrected chi connectivity index (χ3v) is 2.72. The lowest BCUT2D eigenvalue weighted by molar-refractivity contribution is -0.274. The zero-order chi connectivity index (χ0) is 16.2. The minimum Gasteiger partial charge on any atom is -0.406 e. The van der Waals surface area contributed by atoms with Crippen LogP contribution in [0.3, 0.4) is 0 Å². The summed E-state index contributed by atoms with van der Waals surface area (Å²) in [6.45, 7) is 0. The molecule has 0 fully saturated rings. The number of nitrogens with one attached hydrogen (secondary N) is 1. The molecule has 2 aromatic rings. The fourth-order valence-corrected chi connectivity index (χ4v) is 1.77. The lowest BCUT2D eigenvalue weighted by atomic mass is 10.1. The van der Waals surface area contributed by atoms with Gasteiger partial charge in [0.2, 0.25) is 5.91 Å². The number of halogens is 3. The van der Waals surface area contributed by atoms with Gasteiger partial charge in [0, 0.05) is 11.4 Å².